The van der Waals surface area contributed by atoms with Gasteiger partial charge in [0.25, 0.3) is 10.1 Å². The first kappa shape index (κ1) is 17.2. The average Bonchev–Trinajstić information content (AvgIpc) is 2.40. The lowest BCUT2D eigenvalue weighted by Gasteiger charge is -2.61. The fourth-order valence-corrected chi connectivity index (χ4v) is 6.84. The molecule has 3 unspecified atom stereocenters. The van der Waals surface area contributed by atoms with Crippen molar-refractivity contribution in [1.82, 2.24) is 0 Å². The maximum absolute atomic E-state index is 12.1. The smallest absolute Gasteiger partial charge is 0.264 e. The highest BCUT2D eigenvalue weighted by Crippen LogP contribution is 2.66. The fraction of sp³-hybridized carbons (Fsp3) is 0.938. The second kappa shape index (κ2) is 5.70. The Morgan fingerprint density at radius 3 is 2.30 bits per heavy atom. The van der Waals surface area contributed by atoms with Crippen molar-refractivity contribution in [2.45, 2.75) is 51.4 Å². The van der Waals surface area contributed by atoms with E-state index in [-0.39, 0.29) is 28.4 Å². The van der Waals surface area contributed by atoms with Gasteiger partial charge in [0.2, 0.25) is 5.91 Å². The van der Waals surface area contributed by atoms with Gasteiger partial charge in [-0.1, -0.05) is 0 Å². The first-order valence-corrected chi connectivity index (χ1v) is 10.2. The van der Waals surface area contributed by atoms with E-state index in [2.05, 4.69) is 0 Å². The first-order valence-electron chi connectivity index (χ1n) is 8.60. The van der Waals surface area contributed by atoms with E-state index >= 15 is 0 Å². The second-order valence-electron chi connectivity index (χ2n) is 8.49. The maximum Gasteiger partial charge on any atom is 0.264 e. The molecule has 0 saturated heterocycles. The number of rotatable bonds is 7. The van der Waals surface area contributed by atoms with E-state index in [9.17, 15) is 13.2 Å². The van der Waals surface area contributed by atoms with E-state index in [1.165, 1.54) is 6.42 Å². The molecular formula is C16H28N2O4S. The molecule has 132 valence electrons. The van der Waals surface area contributed by atoms with Gasteiger partial charge >= 0.3 is 0 Å². The normalized spacial score (nSPS) is 40.3. The molecule has 4 aliphatic carbocycles. The van der Waals surface area contributed by atoms with Gasteiger partial charge in [0.15, 0.2) is 0 Å². The molecule has 0 aliphatic heterocycles. The number of nitrogens with two attached hydrogens (primary N) is 2. The molecule has 4 aliphatic rings. The van der Waals surface area contributed by atoms with Gasteiger partial charge in [-0.25, -0.2) is 0 Å². The zero-order valence-corrected chi connectivity index (χ0v) is 14.4. The minimum Gasteiger partial charge on any atom is -0.369 e. The standard InChI is InChI=1S/C16H28N2O4S/c17-9-11(1-2-23(20,21)22)4-15-5-12-3-13(6-15)8-16(7-12,10-15)14(18)19/h11-13H,1-10,17H2,(H2,18,19)(H,20,21,22). The van der Waals surface area contributed by atoms with Crippen LogP contribution in [0, 0.1) is 28.6 Å². The Hall–Kier alpha value is -0.660. The molecule has 5 N–H and O–H groups in total. The molecule has 0 spiro atoms. The number of carbonyl (C=O) groups excluding carboxylic acids is 1. The Morgan fingerprint density at radius 1 is 1.22 bits per heavy atom. The average molecular weight is 344 g/mol. The van der Waals surface area contributed by atoms with Crippen molar-refractivity contribution in [2.75, 3.05) is 12.3 Å². The van der Waals surface area contributed by atoms with Gasteiger partial charge in [-0.2, -0.15) is 8.42 Å². The molecule has 0 heterocycles. The number of hydrogen-bond acceptors (Lipinski definition) is 4. The third-order valence-electron chi connectivity index (χ3n) is 6.54. The fourth-order valence-electron chi connectivity index (χ4n) is 6.21. The van der Waals surface area contributed by atoms with Crippen molar-refractivity contribution < 1.29 is 17.8 Å². The summed E-state index contributed by atoms with van der Waals surface area (Å²) in [6.07, 6.45) is 7.36. The van der Waals surface area contributed by atoms with Gasteiger partial charge in [-0.15, -0.1) is 0 Å². The number of amides is 1. The molecule has 0 radical (unpaired) electrons. The Bertz CT molecular complexity index is 575. The summed E-state index contributed by atoms with van der Waals surface area (Å²) >= 11 is 0. The summed E-state index contributed by atoms with van der Waals surface area (Å²) in [5.41, 5.74) is 11.4. The number of hydrogen-bond donors (Lipinski definition) is 3. The molecule has 4 saturated carbocycles. The van der Waals surface area contributed by atoms with Crippen LogP contribution in [0.2, 0.25) is 0 Å². The zero-order chi connectivity index (χ0) is 16.9. The minimum absolute atomic E-state index is 0.0677. The van der Waals surface area contributed by atoms with Crippen molar-refractivity contribution in [3.63, 3.8) is 0 Å². The van der Waals surface area contributed by atoms with Crippen LogP contribution in [0.15, 0.2) is 0 Å². The van der Waals surface area contributed by atoms with E-state index in [1.807, 2.05) is 0 Å². The Balaban J connectivity index is 1.75. The largest absolute Gasteiger partial charge is 0.369 e. The monoisotopic (exact) mass is 344 g/mol. The quantitative estimate of drug-likeness (QED) is 0.601. The molecule has 7 heteroatoms. The molecule has 23 heavy (non-hydrogen) atoms. The minimum atomic E-state index is -3.95. The van der Waals surface area contributed by atoms with Crippen LogP contribution in [0.5, 0.6) is 0 Å². The summed E-state index contributed by atoms with van der Waals surface area (Å²) in [6, 6.07) is 0. The molecule has 3 atom stereocenters. The summed E-state index contributed by atoms with van der Waals surface area (Å²) in [6.45, 7) is 0.413. The predicted molar refractivity (Wildman–Crippen MR) is 86.9 cm³/mol. The van der Waals surface area contributed by atoms with E-state index in [0.717, 1.165) is 38.5 Å². The predicted octanol–water partition coefficient (Wildman–Crippen LogP) is 1.30. The molecule has 6 nitrogen and oxygen atoms in total. The van der Waals surface area contributed by atoms with Crippen LogP contribution < -0.4 is 11.5 Å². The van der Waals surface area contributed by atoms with E-state index in [4.69, 9.17) is 16.0 Å². The zero-order valence-electron chi connectivity index (χ0n) is 13.5. The highest BCUT2D eigenvalue weighted by molar-refractivity contribution is 7.85. The van der Waals surface area contributed by atoms with E-state index in [1.54, 1.807) is 0 Å². The molecule has 0 aromatic carbocycles. The lowest BCUT2D eigenvalue weighted by atomic mass is 9.43. The topological polar surface area (TPSA) is 123 Å². The first-order chi connectivity index (χ1) is 10.7. The van der Waals surface area contributed by atoms with Crippen molar-refractivity contribution in [1.29, 1.82) is 0 Å². The summed E-state index contributed by atoms with van der Waals surface area (Å²) in [5.74, 6) is 0.822. The SMILES string of the molecule is NCC(CCS(=O)(=O)O)CC12CC3CC(C1)CC(C(N)=O)(C3)C2. The van der Waals surface area contributed by atoms with Crippen molar-refractivity contribution in [3.8, 4) is 0 Å². The van der Waals surface area contributed by atoms with Crippen LogP contribution in [0.25, 0.3) is 0 Å². The molecule has 1 amide bonds. The summed E-state index contributed by atoms with van der Waals surface area (Å²) in [5, 5.41) is 0. The van der Waals surface area contributed by atoms with Crippen LogP contribution in [0.1, 0.15) is 51.4 Å². The van der Waals surface area contributed by atoms with Gasteiger partial charge < -0.3 is 11.5 Å². The second-order valence-corrected chi connectivity index (χ2v) is 10.1. The molecule has 4 fully saturated rings. The van der Waals surface area contributed by atoms with Crippen LogP contribution >= 0.6 is 0 Å². The van der Waals surface area contributed by atoms with Crippen LogP contribution in [0.4, 0.5) is 0 Å². The number of carbonyl (C=O) groups is 1. The molecular weight excluding hydrogens is 316 g/mol. The third-order valence-corrected chi connectivity index (χ3v) is 7.30. The van der Waals surface area contributed by atoms with E-state index < -0.39 is 10.1 Å². The van der Waals surface area contributed by atoms with Gasteiger partial charge in [0.1, 0.15) is 0 Å². The van der Waals surface area contributed by atoms with E-state index in [0.29, 0.717) is 24.8 Å². The highest BCUT2D eigenvalue weighted by atomic mass is 32.2. The lowest BCUT2D eigenvalue weighted by molar-refractivity contribution is -0.156. The van der Waals surface area contributed by atoms with Crippen molar-refractivity contribution in [2.24, 2.45) is 40.1 Å². The van der Waals surface area contributed by atoms with Gasteiger partial charge in [-0.05, 0) is 81.1 Å². The summed E-state index contributed by atoms with van der Waals surface area (Å²) in [4.78, 5) is 12.1. The molecule has 4 rings (SSSR count). The van der Waals surface area contributed by atoms with Crippen LogP contribution in [-0.4, -0.2) is 31.2 Å². The molecule has 4 bridgehead atoms. The van der Waals surface area contributed by atoms with Gasteiger partial charge in [-0.3, -0.25) is 9.35 Å². The van der Waals surface area contributed by atoms with Gasteiger partial charge in [0.05, 0.1) is 11.2 Å². The van der Waals surface area contributed by atoms with Crippen molar-refractivity contribution >= 4 is 16.0 Å². The maximum atomic E-state index is 12.1. The van der Waals surface area contributed by atoms with Crippen molar-refractivity contribution in [3.05, 3.63) is 0 Å². The Labute approximate surface area is 138 Å². The molecule has 0 aromatic heterocycles. The Kier molecular flexibility index (Phi) is 4.26. The van der Waals surface area contributed by atoms with Crippen LogP contribution in [-0.2, 0) is 14.9 Å². The third kappa shape index (κ3) is 3.42. The molecule has 0 aromatic rings. The highest BCUT2D eigenvalue weighted by Gasteiger charge is 2.59. The van der Waals surface area contributed by atoms with Crippen LogP contribution in [0.3, 0.4) is 0 Å². The summed E-state index contributed by atoms with van der Waals surface area (Å²) < 4.78 is 31.0. The summed E-state index contributed by atoms with van der Waals surface area (Å²) in [7, 11) is -3.95. The number of primary amides is 1. The van der Waals surface area contributed by atoms with Gasteiger partial charge in [0, 0.05) is 0 Å². The Morgan fingerprint density at radius 2 is 1.83 bits per heavy atom. The lowest BCUT2D eigenvalue weighted by Crippen LogP contribution is -2.57.